The lowest BCUT2D eigenvalue weighted by atomic mass is 10.1. The second kappa shape index (κ2) is 9.32. The fraction of sp³-hybridized carbons (Fsp3) is 0.143. The number of hydrogen-bond acceptors (Lipinski definition) is 8. The number of nitrogens with one attached hydrogen (secondary N) is 1. The first-order valence-electron chi connectivity index (χ1n) is 8.90. The number of phenols is 1. The van der Waals surface area contributed by atoms with E-state index >= 15 is 0 Å². The third-order valence-corrected chi connectivity index (χ3v) is 5.02. The Bertz CT molecular complexity index is 1250. The summed E-state index contributed by atoms with van der Waals surface area (Å²) in [6, 6.07) is 12.0. The van der Waals surface area contributed by atoms with Crippen molar-refractivity contribution >= 4 is 28.1 Å². The van der Waals surface area contributed by atoms with Crippen molar-refractivity contribution in [3.8, 4) is 34.6 Å². The molecule has 1 heterocycles. The monoisotopic (exact) mass is 483 g/mol. The zero-order chi connectivity index (χ0) is 22.5. The Morgan fingerprint density at radius 1 is 1.26 bits per heavy atom. The van der Waals surface area contributed by atoms with Crippen LogP contribution in [0.15, 0.2) is 50.8 Å². The van der Waals surface area contributed by atoms with Gasteiger partial charge < -0.3 is 14.6 Å². The standard InChI is InChI=1S/C21H18BrN5O4/c1-27-20(29)15(10-23)18(13-4-6-14(30-2)7-5-13)25-21(27)26-24-11-12-8-16(22)19(28)17(9-12)31-3/h4-9,11,28H,1-3H3,(H,25,26)/b24-11+. The molecular weight excluding hydrogens is 466 g/mol. The number of phenolic OH excluding ortho intramolecular Hbond substituents is 1. The summed E-state index contributed by atoms with van der Waals surface area (Å²) in [5.41, 5.74) is 3.60. The first-order valence-corrected chi connectivity index (χ1v) is 9.70. The molecule has 0 spiro atoms. The van der Waals surface area contributed by atoms with Gasteiger partial charge in [-0.2, -0.15) is 10.4 Å². The molecule has 3 aromatic rings. The van der Waals surface area contributed by atoms with Gasteiger partial charge in [0.15, 0.2) is 11.5 Å². The number of nitrogens with zero attached hydrogens (tertiary/aromatic N) is 4. The van der Waals surface area contributed by atoms with Crippen molar-refractivity contribution < 1.29 is 14.6 Å². The van der Waals surface area contributed by atoms with E-state index in [1.54, 1.807) is 43.5 Å². The minimum absolute atomic E-state index is 0.0205. The van der Waals surface area contributed by atoms with E-state index in [2.05, 4.69) is 31.4 Å². The van der Waals surface area contributed by atoms with E-state index in [0.717, 1.165) is 0 Å². The first kappa shape index (κ1) is 21.9. The lowest BCUT2D eigenvalue weighted by molar-refractivity contribution is 0.372. The van der Waals surface area contributed by atoms with Crippen molar-refractivity contribution in [3.05, 3.63) is 62.4 Å². The van der Waals surface area contributed by atoms with Gasteiger partial charge >= 0.3 is 0 Å². The highest BCUT2D eigenvalue weighted by Gasteiger charge is 2.16. The molecule has 9 nitrogen and oxygen atoms in total. The van der Waals surface area contributed by atoms with Crippen LogP contribution in [0.3, 0.4) is 0 Å². The van der Waals surface area contributed by atoms with Crippen LogP contribution in [0, 0.1) is 11.3 Å². The second-order valence-electron chi connectivity index (χ2n) is 6.29. The lowest BCUT2D eigenvalue weighted by Gasteiger charge is -2.11. The minimum Gasteiger partial charge on any atom is -0.503 e. The van der Waals surface area contributed by atoms with Crippen LogP contribution in [0.1, 0.15) is 11.1 Å². The van der Waals surface area contributed by atoms with Crippen molar-refractivity contribution in [2.24, 2.45) is 12.1 Å². The fourth-order valence-electron chi connectivity index (χ4n) is 2.75. The van der Waals surface area contributed by atoms with E-state index in [0.29, 0.717) is 21.3 Å². The molecule has 158 valence electrons. The summed E-state index contributed by atoms with van der Waals surface area (Å²) in [6.07, 6.45) is 1.48. The minimum atomic E-state index is -0.505. The van der Waals surface area contributed by atoms with Gasteiger partial charge in [0.25, 0.3) is 5.56 Å². The van der Waals surface area contributed by atoms with Gasteiger partial charge in [-0.15, -0.1) is 0 Å². The van der Waals surface area contributed by atoms with Gasteiger partial charge in [-0.3, -0.25) is 9.36 Å². The molecule has 2 N–H and O–H groups in total. The van der Waals surface area contributed by atoms with E-state index in [-0.39, 0.29) is 28.7 Å². The molecular formula is C21H18BrN5O4. The quantitative estimate of drug-likeness (QED) is 0.407. The number of ether oxygens (including phenoxy) is 2. The number of nitriles is 1. The smallest absolute Gasteiger partial charge is 0.273 e. The van der Waals surface area contributed by atoms with E-state index in [9.17, 15) is 15.2 Å². The summed E-state index contributed by atoms with van der Waals surface area (Å²) in [7, 11) is 4.48. The Labute approximate surface area is 186 Å². The molecule has 1 aromatic heterocycles. The van der Waals surface area contributed by atoms with Crippen LogP contribution in [-0.2, 0) is 7.05 Å². The normalized spacial score (nSPS) is 10.7. The average Bonchev–Trinajstić information content (AvgIpc) is 2.78. The van der Waals surface area contributed by atoms with Crippen molar-refractivity contribution in [2.45, 2.75) is 0 Å². The molecule has 0 amide bonds. The summed E-state index contributed by atoms with van der Waals surface area (Å²) in [6.45, 7) is 0. The molecule has 0 fully saturated rings. The number of aromatic nitrogens is 2. The summed E-state index contributed by atoms with van der Waals surface area (Å²) >= 11 is 3.25. The zero-order valence-electron chi connectivity index (χ0n) is 16.9. The first-order chi connectivity index (χ1) is 14.9. The van der Waals surface area contributed by atoms with Crippen LogP contribution in [0.5, 0.6) is 17.2 Å². The van der Waals surface area contributed by atoms with Gasteiger partial charge in [0.05, 0.1) is 30.6 Å². The highest BCUT2D eigenvalue weighted by Crippen LogP contribution is 2.34. The van der Waals surface area contributed by atoms with Crippen LogP contribution in [0.4, 0.5) is 5.95 Å². The van der Waals surface area contributed by atoms with Gasteiger partial charge in [0, 0.05) is 12.6 Å². The third kappa shape index (κ3) is 4.51. The zero-order valence-corrected chi connectivity index (χ0v) is 18.5. The predicted octanol–water partition coefficient (Wildman–Crippen LogP) is 3.25. The molecule has 0 aliphatic carbocycles. The van der Waals surface area contributed by atoms with Crippen molar-refractivity contribution in [1.82, 2.24) is 9.55 Å². The maximum Gasteiger partial charge on any atom is 0.273 e. The van der Waals surface area contributed by atoms with Gasteiger partial charge in [-0.1, -0.05) is 0 Å². The molecule has 0 atom stereocenters. The number of methoxy groups -OCH3 is 2. The SMILES string of the molecule is COc1ccc(-c2nc(N/N=C/c3cc(Br)c(O)c(OC)c3)n(C)c(=O)c2C#N)cc1. The highest BCUT2D eigenvalue weighted by molar-refractivity contribution is 9.10. The molecule has 3 rings (SSSR count). The van der Waals surface area contributed by atoms with Gasteiger partial charge in [-0.05, 0) is 57.9 Å². The number of hydrogen-bond donors (Lipinski definition) is 2. The average molecular weight is 484 g/mol. The molecule has 0 saturated carbocycles. The Kier molecular flexibility index (Phi) is 6.57. The highest BCUT2D eigenvalue weighted by atomic mass is 79.9. The fourth-order valence-corrected chi connectivity index (χ4v) is 3.21. The van der Waals surface area contributed by atoms with Crippen LogP contribution in [0.2, 0.25) is 0 Å². The van der Waals surface area contributed by atoms with Crippen LogP contribution >= 0.6 is 15.9 Å². The van der Waals surface area contributed by atoms with E-state index < -0.39 is 5.56 Å². The summed E-state index contributed by atoms with van der Waals surface area (Å²) in [4.78, 5) is 17.1. The molecule has 0 unspecified atom stereocenters. The molecule has 0 bridgehead atoms. The molecule has 2 aromatic carbocycles. The van der Waals surface area contributed by atoms with E-state index in [1.165, 1.54) is 24.9 Å². The Hall–Kier alpha value is -3.84. The van der Waals surface area contributed by atoms with Gasteiger partial charge in [0.1, 0.15) is 17.4 Å². The van der Waals surface area contributed by atoms with Gasteiger partial charge in [0.2, 0.25) is 5.95 Å². The Morgan fingerprint density at radius 3 is 2.58 bits per heavy atom. The summed E-state index contributed by atoms with van der Waals surface area (Å²) < 4.78 is 11.9. The largest absolute Gasteiger partial charge is 0.503 e. The number of hydrazone groups is 1. The molecule has 31 heavy (non-hydrogen) atoms. The van der Waals surface area contributed by atoms with Gasteiger partial charge in [-0.25, -0.2) is 10.4 Å². The van der Waals surface area contributed by atoms with Crippen molar-refractivity contribution in [1.29, 1.82) is 5.26 Å². The Balaban J connectivity index is 1.97. The molecule has 0 radical (unpaired) electrons. The molecule has 0 saturated heterocycles. The molecule has 10 heteroatoms. The van der Waals surface area contributed by atoms with Crippen molar-refractivity contribution in [3.63, 3.8) is 0 Å². The number of anilines is 1. The molecule has 0 aliphatic rings. The second-order valence-corrected chi connectivity index (χ2v) is 7.14. The van der Waals surface area contributed by atoms with Crippen LogP contribution < -0.4 is 20.5 Å². The number of halogens is 1. The third-order valence-electron chi connectivity index (χ3n) is 4.41. The number of benzene rings is 2. The predicted molar refractivity (Wildman–Crippen MR) is 120 cm³/mol. The Morgan fingerprint density at radius 2 is 1.97 bits per heavy atom. The van der Waals surface area contributed by atoms with E-state index in [4.69, 9.17) is 9.47 Å². The maximum absolute atomic E-state index is 12.7. The number of rotatable bonds is 6. The topological polar surface area (TPSA) is 122 Å². The lowest BCUT2D eigenvalue weighted by Crippen LogP contribution is -2.24. The van der Waals surface area contributed by atoms with Crippen LogP contribution in [-0.4, -0.2) is 35.1 Å². The maximum atomic E-state index is 12.7. The summed E-state index contributed by atoms with van der Waals surface area (Å²) in [5, 5.41) is 23.5. The van der Waals surface area contributed by atoms with Crippen LogP contribution in [0.25, 0.3) is 11.3 Å². The van der Waals surface area contributed by atoms with Crippen molar-refractivity contribution in [2.75, 3.05) is 19.6 Å². The molecule has 0 aliphatic heterocycles. The number of aromatic hydroxyl groups is 1. The van der Waals surface area contributed by atoms with E-state index in [1.807, 2.05) is 6.07 Å². The summed E-state index contributed by atoms with van der Waals surface area (Å²) in [5.74, 6) is 1.05.